The monoisotopic (exact) mass is 312 g/mol. The van der Waals surface area contributed by atoms with Crippen molar-refractivity contribution in [3.8, 4) is 0 Å². The number of hydrogen-bond acceptors (Lipinski definition) is 5. The van der Waals surface area contributed by atoms with E-state index < -0.39 is 17.7 Å². The molecule has 4 fully saturated rings. The highest BCUT2D eigenvalue weighted by atomic mass is 17.3. The molecule has 1 spiro atoms. The molecule has 0 aromatic rings. The molecule has 6 atom stereocenters. The van der Waals surface area contributed by atoms with Crippen molar-refractivity contribution in [3.63, 3.8) is 0 Å². The first-order chi connectivity index (χ1) is 10.4. The lowest BCUT2D eigenvalue weighted by Gasteiger charge is -2.54. The molecule has 1 aliphatic carbocycles. The van der Waals surface area contributed by atoms with Gasteiger partial charge in [-0.2, -0.15) is 0 Å². The fourth-order valence-corrected chi connectivity index (χ4v) is 4.54. The first kappa shape index (κ1) is 16.2. The van der Waals surface area contributed by atoms with Crippen LogP contribution in [0, 0.1) is 17.8 Å². The van der Waals surface area contributed by atoms with Gasteiger partial charge in [0, 0.05) is 18.8 Å². The van der Waals surface area contributed by atoms with Gasteiger partial charge in [0.05, 0.1) is 0 Å². The van der Waals surface area contributed by atoms with E-state index in [2.05, 4.69) is 13.8 Å². The van der Waals surface area contributed by atoms with E-state index in [1.807, 2.05) is 6.92 Å². The molecule has 6 unspecified atom stereocenters. The Bertz CT molecular complexity index is 439. The van der Waals surface area contributed by atoms with Crippen molar-refractivity contribution in [1.29, 1.82) is 0 Å². The van der Waals surface area contributed by atoms with Crippen molar-refractivity contribution in [2.75, 3.05) is 0 Å². The topological polar surface area (TPSA) is 54.0 Å². The largest absolute Gasteiger partial charge is 0.432 e. The van der Waals surface area contributed by atoms with E-state index in [0.29, 0.717) is 18.3 Å². The van der Waals surface area contributed by atoms with Crippen molar-refractivity contribution in [2.45, 2.75) is 83.9 Å². The lowest BCUT2D eigenvalue weighted by atomic mass is 9.61. The third kappa shape index (κ3) is 2.38. The molecule has 0 amide bonds. The maximum absolute atomic E-state index is 11.9. The molecular formula is C17H28O5. The molecule has 0 N–H and O–H groups in total. The van der Waals surface area contributed by atoms with Gasteiger partial charge in [0.15, 0.2) is 5.60 Å². The van der Waals surface area contributed by atoms with Gasteiger partial charge in [0.25, 0.3) is 0 Å². The molecule has 3 aliphatic heterocycles. The average molecular weight is 312 g/mol. The second-order valence-electron chi connectivity index (χ2n) is 7.25. The first-order valence-electron chi connectivity index (χ1n) is 8.69. The Kier molecular flexibility index (Phi) is 4.25. The van der Waals surface area contributed by atoms with Crippen LogP contribution >= 0.6 is 0 Å². The fraction of sp³-hybridized carbons (Fsp3) is 0.941. The number of carbonyl (C=O) groups excluding carboxylic acids is 1. The summed E-state index contributed by atoms with van der Waals surface area (Å²) in [4.78, 5) is 23.6. The van der Waals surface area contributed by atoms with Gasteiger partial charge in [0.1, 0.15) is 0 Å². The molecule has 4 rings (SSSR count). The average Bonchev–Trinajstić information content (AvgIpc) is 2.73. The number of fused-ring (bicyclic) bond motifs is 3. The van der Waals surface area contributed by atoms with Crippen molar-refractivity contribution < 1.29 is 24.0 Å². The van der Waals surface area contributed by atoms with Crippen molar-refractivity contribution >= 4 is 5.97 Å². The minimum Gasteiger partial charge on any atom is -0.432 e. The number of rotatable bonds is 3. The van der Waals surface area contributed by atoms with Crippen LogP contribution in [-0.4, -0.2) is 23.6 Å². The van der Waals surface area contributed by atoms with Crippen molar-refractivity contribution in [2.24, 2.45) is 17.8 Å². The second-order valence-corrected chi connectivity index (χ2v) is 7.25. The van der Waals surface area contributed by atoms with Crippen LogP contribution in [-0.2, 0) is 24.0 Å². The third-order valence-electron chi connectivity index (χ3n) is 5.89. The Hall–Kier alpha value is -0.650. The zero-order valence-electron chi connectivity index (χ0n) is 14.1. The van der Waals surface area contributed by atoms with Crippen LogP contribution in [0.5, 0.6) is 0 Å². The number of carbonyl (C=O) groups is 1. The Labute approximate surface area is 132 Å². The molecule has 0 aromatic heterocycles. The summed E-state index contributed by atoms with van der Waals surface area (Å²) in [6.45, 7) is 8.09. The van der Waals surface area contributed by atoms with E-state index in [9.17, 15) is 4.79 Å². The van der Waals surface area contributed by atoms with Crippen molar-refractivity contribution in [3.05, 3.63) is 0 Å². The van der Waals surface area contributed by atoms with Gasteiger partial charge in [0.2, 0.25) is 12.1 Å². The Morgan fingerprint density at radius 2 is 2.00 bits per heavy atom. The van der Waals surface area contributed by atoms with Gasteiger partial charge in [-0.1, -0.05) is 27.2 Å². The molecule has 0 aromatic carbocycles. The zero-order chi connectivity index (χ0) is 16.0. The van der Waals surface area contributed by atoms with Crippen molar-refractivity contribution in [1.82, 2.24) is 0 Å². The quantitative estimate of drug-likeness (QED) is 0.589. The van der Waals surface area contributed by atoms with Crippen LogP contribution in [0.2, 0.25) is 0 Å². The molecule has 4 aliphatic rings. The minimum atomic E-state index is -0.820. The molecule has 3 heterocycles. The first-order valence-corrected chi connectivity index (χ1v) is 8.69. The number of hydrogen-bond donors (Lipinski definition) is 0. The lowest BCUT2D eigenvalue weighted by Crippen LogP contribution is -2.65. The van der Waals surface area contributed by atoms with E-state index in [4.69, 9.17) is 19.2 Å². The maximum Gasteiger partial charge on any atom is 0.307 e. The van der Waals surface area contributed by atoms with Crippen LogP contribution in [0.3, 0.4) is 0 Å². The Morgan fingerprint density at radius 3 is 2.68 bits per heavy atom. The van der Waals surface area contributed by atoms with Gasteiger partial charge in [-0.15, -0.1) is 0 Å². The fourth-order valence-electron chi connectivity index (χ4n) is 4.54. The molecular weight excluding hydrogens is 284 g/mol. The highest BCUT2D eigenvalue weighted by molar-refractivity contribution is 5.69. The third-order valence-corrected chi connectivity index (χ3v) is 5.89. The summed E-state index contributed by atoms with van der Waals surface area (Å²) in [5.41, 5.74) is -0.659. The number of ether oxygens (including phenoxy) is 2. The molecule has 126 valence electrons. The minimum absolute atomic E-state index is 0.244. The number of esters is 1. The van der Waals surface area contributed by atoms with Crippen LogP contribution in [0.4, 0.5) is 0 Å². The molecule has 22 heavy (non-hydrogen) atoms. The normalized spacial score (nSPS) is 47.6. The highest BCUT2D eigenvalue weighted by Gasteiger charge is 2.65. The van der Waals surface area contributed by atoms with Gasteiger partial charge >= 0.3 is 5.97 Å². The summed E-state index contributed by atoms with van der Waals surface area (Å²) in [6.07, 6.45) is 4.61. The van der Waals surface area contributed by atoms with Crippen LogP contribution in [0.1, 0.15) is 66.2 Å². The van der Waals surface area contributed by atoms with Gasteiger partial charge in [-0.05, 0) is 38.0 Å². The smallest absolute Gasteiger partial charge is 0.307 e. The summed E-state index contributed by atoms with van der Waals surface area (Å²) in [5, 5.41) is 0. The van der Waals surface area contributed by atoms with Crippen LogP contribution in [0.25, 0.3) is 0 Å². The second kappa shape index (κ2) is 5.77. The van der Waals surface area contributed by atoms with E-state index in [1.54, 1.807) is 6.92 Å². The predicted molar refractivity (Wildman–Crippen MR) is 79.5 cm³/mol. The molecule has 2 bridgehead atoms. The summed E-state index contributed by atoms with van der Waals surface area (Å²) in [6, 6.07) is 0. The van der Waals surface area contributed by atoms with Gasteiger partial charge in [-0.25, -0.2) is 9.78 Å². The Balaban J connectivity index is 2.01. The molecule has 5 heteroatoms. The highest BCUT2D eigenvalue weighted by Crippen LogP contribution is 2.56. The zero-order valence-corrected chi connectivity index (χ0v) is 14.1. The summed E-state index contributed by atoms with van der Waals surface area (Å²) < 4.78 is 11.8. The standard InChI is InChI=1S/C17H28O5/c1-5-12-8-7-11(3)13-9-10-16(4)20-15(19-14(18)6-2)17(12,13)22-21-16/h11-13,15H,5-10H2,1-4H3. The summed E-state index contributed by atoms with van der Waals surface area (Å²) in [5.74, 6) is 0.0275. The van der Waals surface area contributed by atoms with Crippen LogP contribution < -0.4 is 0 Å². The molecule has 3 saturated heterocycles. The van der Waals surface area contributed by atoms with E-state index in [0.717, 1.165) is 25.7 Å². The summed E-state index contributed by atoms with van der Waals surface area (Å²) in [7, 11) is 0. The Morgan fingerprint density at radius 1 is 1.23 bits per heavy atom. The molecule has 5 nitrogen and oxygen atoms in total. The van der Waals surface area contributed by atoms with Crippen LogP contribution in [0.15, 0.2) is 0 Å². The molecule has 1 saturated carbocycles. The maximum atomic E-state index is 11.9. The SMILES string of the molecule is CCC(=O)OC1OC2(C)CCC3C(C)CCC(CC)C13OO2. The van der Waals surface area contributed by atoms with E-state index >= 15 is 0 Å². The van der Waals surface area contributed by atoms with E-state index in [1.165, 1.54) is 6.42 Å². The predicted octanol–water partition coefficient (Wildman–Crippen LogP) is 3.57. The lowest BCUT2D eigenvalue weighted by molar-refractivity contribution is -0.553. The van der Waals surface area contributed by atoms with Gasteiger partial charge in [-0.3, -0.25) is 4.79 Å². The van der Waals surface area contributed by atoms with E-state index in [-0.39, 0.29) is 11.9 Å². The molecule has 0 radical (unpaired) electrons. The summed E-state index contributed by atoms with van der Waals surface area (Å²) >= 11 is 0. The van der Waals surface area contributed by atoms with Gasteiger partial charge < -0.3 is 9.47 Å².